The third-order valence-corrected chi connectivity index (χ3v) is 4.59. The second kappa shape index (κ2) is 11.0. The highest BCUT2D eigenvalue weighted by molar-refractivity contribution is 6.19. The molecule has 7 nitrogen and oxygen atoms in total. The fourth-order valence-corrected chi connectivity index (χ4v) is 3.11. The fourth-order valence-electron chi connectivity index (χ4n) is 3.11. The SMILES string of the molecule is CC.N=C(O/C(N)=N/C1N=C(c2cccc(F)c2)c2ccccc2NC1=O)c1ccc(F)cc1. The summed E-state index contributed by atoms with van der Waals surface area (Å²) in [4.78, 5) is 21.2. The van der Waals surface area contributed by atoms with Gasteiger partial charge in [0.2, 0.25) is 12.1 Å². The van der Waals surface area contributed by atoms with Crippen molar-refractivity contribution >= 4 is 29.2 Å². The summed E-state index contributed by atoms with van der Waals surface area (Å²) in [7, 11) is 0. The van der Waals surface area contributed by atoms with Crippen molar-refractivity contribution in [3.05, 3.63) is 101 Å². The van der Waals surface area contributed by atoms with Gasteiger partial charge in [-0.15, -0.1) is 0 Å². The summed E-state index contributed by atoms with van der Waals surface area (Å²) in [5, 5.41) is 10.7. The van der Waals surface area contributed by atoms with Crippen LogP contribution in [-0.4, -0.2) is 29.7 Å². The minimum Gasteiger partial charge on any atom is -0.407 e. The zero-order valence-electron chi connectivity index (χ0n) is 18.5. The van der Waals surface area contributed by atoms with E-state index in [1.165, 1.54) is 42.5 Å². The number of ether oxygens (including phenoxy) is 1. The topological polar surface area (TPSA) is 113 Å². The highest BCUT2D eigenvalue weighted by atomic mass is 19.1. The second-order valence-corrected chi connectivity index (χ2v) is 6.80. The summed E-state index contributed by atoms with van der Waals surface area (Å²) in [6, 6.07) is 17.3. The van der Waals surface area contributed by atoms with Crippen molar-refractivity contribution in [1.82, 2.24) is 0 Å². The first kappa shape index (κ1) is 24.2. The minimum absolute atomic E-state index is 0.270. The number of benzene rings is 3. The summed E-state index contributed by atoms with van der Waals surface area (Å²) in [6.07, 6.45) is -1.35. The van der Waals surface area contributed by atoms with Gasteiger partial charge in [-0.3, -0.25) is 10.2 Å². The molecule has 1 aliphatic rings. The molecule has 1 atom stereocenters. The summed E-state index contributed by atoms with van der Waals surface area (Å²) in [5.41, 5.74) is 7.93. The van der Waals surface area contributed by atoms with E-state index < -0.39 is 29.7 Å². The smallest absolute Gasteiger partial charge is 0.291 e. The Kier molecular flexibility index (Phi) is 7.81. The maximum absolute atomic E-state index is 13.9. The van der Waals surface area contributed by atoms with Gasteiger partial charge in [-0.2, -0.15) is 4.99 Å². The van der Waals surface area contributed by atoms with Crippen molar-refractivity contribution in [2.75, 3.05) is 5.32 Å². The average molecular weight is 463 g/mol. The lowest BCUT2D eigenvalue weighted by atomic mass is 10.0. The first-order chi connectivity index (χ1) is 16.4. The molecule has 174 valence electrons. The number of carbonyl (C=O) groups excluding carboxylic acids is 1. The van der Waals surface area contributed by atoms with Gasteiger partial charge < -0.3 is 15.8 Å². The number of fused-ring (bicyclic) bond motifs is 1. The quantitative estimate of drug-likeness (QED) is 0.394. The molecule has 9 heteroatoms. The zero-order chi connectivity index (χ0) is 24.7. The van der Waals surface area contributed by atoms with E-state index in [1.807, 2.05) is 13.8 Å². The lowest BCUT2D eigenvalue weighted by molar-refractivity contribution is -0.117. The maximum Gasteiger partial charge on any atom is 0.291 e. The summed E-state index contributed by atoms with van der Waals surface area (Å²) >= 11 is 0. The number of amidine groups is 1. The highest BCUT2D eigenvalue weighted by Crippen LogP contribution is 2.24. The normalized spacial score (nSPS) is 15.1. The van der Waals surface area contributed by atoms with Crippen LogP contribution in [0.2, 0.25) is 0 Å². The number of nitrogens with zero attached hydrogens (tertiary/aromatic N) is 2. The van der Waals surface area contributed by atoms with Gasteiger partial charge in [-0.05, 0) is 42.5 Å². The number of hydrogen-bond donors (Lipinski definition) is 3. The van der Waals surface area contributed by atoms with E-state index in [0.717, 1.165) is 0 Å². The number of hydrogen-bond acceptors (Lipinski definition) is 5. The lowest BCUT2D eigenvalue weighted by Gasteiger charge is -2.10. The van der Waals surface area contributed by atoms with Crippen LogP contribution in [0.1, 0.15) is 30.5 Å². The van der Waals surface area contributed by atoms with Gasteiger partial charge in [0.1, 0.15) is 11.6 Å². The predicted octanol–water partition coefficient (Wildman–Crippen LogP) is 4.46. The number of nitrogens with one attached hydrogen (secondary N) is 2. The molecule has 3 aromatic rings. The Morgan fingerprint density at radius 2 is 1.74 bits per heavy atom. The first-order valence-electron chi connectivity index (χ1n) is 10.5. The molecular weight excluding hydrogens is 440 g/mol. The molecule has 3 aromatic carbocycles. The van der Waals surface area contributed by atoms with Gasteiger partial charge in [0, 0.05) is 16.7 Å². The molecule has 0 aromatic heterocycles. The largest absolute Gasteiger partial charge is 0.407 e. The minimum atomic E-state index is -1.35. The van der Waals surface area contributed by atoms with Crippen LogP contribution in [0.25, 0.3) is 0 Å². The number of amides is 1. The van der Waals surface area contributed by atoms with Crippen LogP contribution < -0.4 is 11.1 Å². The summed E-state index contributed by atoms with van der Waals surface area (Å²) in [5.74, 6) is -1.87. The van der Waals surface area contributed by atoms with Crippen molar-refractivity contribution in [3.63, 3.8) is 0 Å². The van der Waals surface area contributed by atoms with Gasteiger partial charge in [0.05, 0.1) is 11.4 Å². The molecule has 4 N–H and O–H groups in total. The van der Waals surface area contributed by atoms with Crippen molar-refractivity contribution in [3.8, 4) is 0 Å². The van der Waals surface area contributed by atoms with E-state index in [0.29, 0.717) is 22.5 Å². The van der Waals surface area contributed by atoms with Crippen LogP contribution in [0.5, 0.6) is 0 Å². The Bertz CT molecular complexity index is 1260. The molecule has 4 rings (SSSR count). The van der Waals surface area contributed by atoms with Crippen molar-refractivity contribution < 1.29 is 18.3 Å². The molecule has 1 unspecified atom stereocenters. The number of aliphatic imine (C=N–C) groups is 2. The van der Waals surface area contributed by atoms with Crippen molar-refractivity contribution in [2.45, 2.75) is 20.0 Å². The Hall–Kier alpha value is -4.40. The molecule has 0 bridgehead atoms. The first-order valence-corrected chi connectivity index (χ1v) is 10.5. The molecule has 1 aliphatic heterocycles. The third kappa shape index (κ3) is 5.69. The van der Waals surface area contributed by atoms with Gasteiger partial charge in [0.15, 0.2) is 0 Å². The molecule has 0 radical (unpaired) electrons. The monoisotopic (exact) mass is 463 g/mol. The van der Waals surface area contributed by atoms with E-state index in [-0.39, 0.29) is 11.5 Å². The molecular formula is C25H23F2N5O2. The number of halogens is 2. The Morgan fingerprint density at radius 1 is 1.03 bits per heavy atom. The standard InChI is InChI=1S/C23H17F2N5O2.C2H6/c24-15-10-8-13(9-11-15)20(26)32-23(27)30-21-22(31)28-18-7-2-1-6-17(18)19(29-21)14-4-3-5-16(25)12-14;1-2/h1-12,21,26H,(H2,27,30)(H,28,31);1-2H3. The molecule has 0 saturated heterocycles. The van der Waals surface area contributed by atoms with Crippen LogP contribution >= 0.6 is 0 Å². The fraction of sp³-hybridized carbons (Fsp3) is 0.120. The molecule has 34 heavy (non-hydrogen) atoms. The number of nitrogens with two attached hydrogens (primary N) is 1. The average Bonchev–Trinajstić information content (AvgIpc) is 2.97. The maximum atomic E-state index is 13.9. The predicted molar refractivity (Wildman–Crippen MR) is 128 cm³/mol. The Labute approximate surface area is 195 Å². The third-order valence-electron chi connectivity index (χ3n) is 4.59. The van der Waals surface area contributed by atoms with Gasteiger partial charge in [-0.1, -0.05) is 44.2 Å². The van der Waals surface area contributed by atoms with E-state index >= 15 is 0 Å². The van der Waals surface area contributed by atoms with E-state index in [2.05, 4.69) is 15.3 Å². The van der Waals surface area contributed by atoms with Crippen LogP contribution in [0.15, 0.2) is 82.8 Å². The summed E-state index contributed by atoms with van der Waals surface area (Å²) in [6.45, 7) is 4.00. The molecule has 0 saturated carbocycles. The molecule has 1 amide bonds. The highest BCUT2D eigenvalue weighted by Gasteiger charge is 2.26. The molecule has 0 spiro atoms. The van der Waals surface area contributed by atoms with Gasteiger partial charge in [0.25, 0.3) is 11.9 Å². The van der Waals surface area contributed by atoms with Crippen molar-refractivity contribution in [2.24, 2.45) is 15.7 Å². The zero-order valence-corrected chi connectivity index (χ0v) is 18.5. The van der Waals surface area contributed by atoms with Crippen LogP contribution in [-0.2, 0) is 9.53 Å². The summed E-state index contributed by atoms with van der Waals surface area (Å²) < 4.78 is 32.1. The Balaban J connectivity index is 0.00000158. The number of para-hydroxylation sites is 1. The van der Waals surface area contributed by atoms with Crippen molar-refractivity contribution in [1.29, 1.82) is 5.41 Å². The van der Waals surface area contributed by atoms with E-state index in [4.69, 9.17) is 15.9 Å². The van der Waals surface area contributed by atoms with E-state index in [1.54, 1.807) is 30.3 Å². The lowest BCUT2D eigenvalue weighted by Crippen LogP contribution is -2.29. The number of anilines is 1. The number of benzodiazepines with no additional fused rings is 1. The Morgan fingerprint density at radius 3 is 2.44 bits per heavy atom. The molecule has 0 fully saturated rings. The van der Waals surface area contributed by atoms with Gasteiger partial charge >= 0.3 is 0 Å². The van der Waals surface area contributed by atoms with Crippen LogP contribution in [0, 0.1) is 17.0 Å². The number of carbonyl (C=O) groups is 1. The second-order valence-electron chi connectivity index (χ2n) is 6.80. The molecule has 0 aliphatic carbocycles. The van der Waals surface area contributed by atoms with Crippen LogP contribution in [0.4, 0.5) is 14.5 Å². The number of rotatable bonds is 3. The van der Waals surface area contributed by atoms with E-state index in [9.17, 15) is 13.6 Å². The van der Waals surface area contributed by atoms with Crippen LogP contribution in [0.3, 0.4) is 0 Å². The van der Waals surface area contributed by atoms with Gasteiger partial charge in [-0.25, -0.2) is 13.8 Å². The molecule has 1 heterocycles.